The third kappa shape index (κ3) is 4.90. The summed E-state index contributed by atoms with van der Waals surface area (Å²) in [6.07, 6.45) is 5.98. The lowest BCUT2D eigenvalue weighted by Gasteiger charge is -2.15. The van der Waals surface area contributed by atoms with Crippen LogP contribution in [0, 0.1) is 0 Å². The Hall–Kier alpha value is -3.72. The van der Waals surface area contributed by atoms with Crippen LogP contribution >= 0.6 is 15.9 Å². The second-order valence-electron chi connectivity index (χ2n) is 9.30. The van der Waals surface area contributed by atoms with Gasteiger partial charge in [-0.1, -0.05) is 48.0 Å². The van der Waals surface area contributed by atoms with Crippen LogP contribution in [-0.2, 0) is 32.7 Å². The lowest BCUT2D eigenvalue weighted by atomic mass is 10.0. The molecule has 0 fully saturated rings. The van der Waals surface area contributed by atoms with Crippen molar-refractivity contribution in [2.75, 3.05) is 17.7 Å². The molecule has 1 aliphatic rings. The van der Waals surface area contributed by atoms with Gasteiger partial charge in [-0.3, -0.25) is 9.48 Å². The molecule has 2 aromatic heterocycles. The highest BCUT2D eigenvalue weighted by Gasteiger charge is 2.28. The van der Waals surface area contributed by atoms with Crippen LogP contribution in [0.3, 0.4) is 0 Å². The first-order chi connectivity index (χ1) is 18.4. The molecule has 0 bridgehead atoms. The quantitative estimate of drug-likeness (QED) is 0.270. The number of anilines is 3. The Labute approximate surface area is 231 Å². The summed E-state index contributed by atoms with van der Waals surface area (Å²) in [6, 6.07) is 11.9. The molecular weight excluding hydrogens is 544 g/mol. The third-order valence-corrected chi connectivity index (χ3v) is 7.46. The van der Waals surface area contributed by atoms with Gasteiger partial charge in [-0.2, -0.15) is 5.10 Å². The van der Waals surface area contributed by atoms with Gasteiger partial charge in [0.15, 0.2) is 0 Å². The van der Waals surface area contributed by atoms with Crippen LogP contribution in [-0.4, -0.2) is 32.8 Å². The molecule has 4 aromatic rings. The number of para-hydroxylation sites is 1. The molecule has 0 atom stereocenters. The van der Waals surface area contributed by atoms with Crippen molar-refractivity contribution in [3.05, 3.63) is 75.0 Å². The molecule has 1 aliphatic carbocycles. The maximum atomic E-state index is 13.7. The SMILES string of the molecule is CCc1cccc(CC)c1NC(=O)c1c2c(nn1C)-c1nc(Nc3ccc(Br)cc3OC)ncc1CCC2. The monoisotopic (exact) mass is 574 g/mol. The molecule has 196 valence electrons. The number of hydrogen-bond donors (Lipinski definition) is 2. The number of aryl methyl sites for hydroxylation is 4. The average molecular weight is 576 g/mol. The minimum absolute atomic E-state index is 0.146. The van der Waals surface area contributed by atoms with Crippen molar-refractivity contribution in [1.82, 2.24) is 19.7 Å². The van der Waals surface area contributed by atoms with E-state index >= 15 is 0 Å². The van der Waals surface area contributed by atoms with Gasteiger partial charge in [0.05, 0.1) is 18.5 Å². The Kier molecular flexibility index (Phi) is 7.46. The van der Waals surface area contributed by atoms with Crippen LogP contribution in [0.2, 0.25) is 0 Å². The second-order valence-corrected chi connectivity index (χ2v) is 10.2. The zero-order valence-electron chi connectivity index (χ0n) is 22.1. The largest absolute Gasteiger partial charge is 0.495 e. The molecule has 2 heterocycles. The minimum Gasteiger partial charge on any atom is -0.495 e. The second kappa shape index (κ2) is 10.9. The van der Waals surface area contributed by atoms with Gasteiger partial charge in [-0.25, -0.2) is 9.97 Å². The molecule has 0 saturated carbocycles. The number of aromatic nitrogens is 4. The maximum absolute atomic E-state index is 13.7. The van der Waals surface area contributed by atoms with Crippen LogP contribution < -0.4 is 15.4 Å². The summed E-state index contributed by atoms with van der Waals surface area (Å²) in [4.78, 5) is 23.1. The molecule has 9 heteroatoms. The van der Waals surface area contributed by atoms with Crippen molar-refractivity contribution in [3.8, 4) is 17.1 Å². The maximum Gasteiger partial charge on any atom is 0.274 e. The van der Waals surface area contributed by atoms with E-state index < -0.39 is 0 Å². The molecule has 0 aliphatic heterocycles. The van der Waals surface area contributed by atoms with Gasteiger partial charge >= 0.3 is 0 Å². The molecule has 2 N–H and O–H groups in total. The smallest absolute Gasteiger partial charge is 0.274 e. The summed E-state index contributed by atoms with van der Waals surface area (Å²) < 4.78 is 8.11. The molecule has 1 amide bonds. The molecule has 2 aromatic carbocycles. The highest BCUT2D eigenvalue weighted by Crippen LogP contribution is 2.35. The number of fused-ring (bicyclic) bond motifs is 3. The number of halogens is 1. The standard InChI is InChI=1S/C29H31BrN6O2/c1-5-17-9-7-10-18(6-2)24(17)33-28(37)27-21-12-8-11-19-16-31-29(34-25(19)26(21)35-36(27)3)32-22-14-13-20(30)15-23(22)38-4/h7,9-10,13-16H,5-6,8,11-12H2,1-4H3,(H,33,37)(H,31,32,34). The highest BCUT2D eigenvalue weighted by molar-refractivity contribution is 9.10. The zero-order chi connectivity index (χ0) is 26.8. The fourth-order valence-corrected chi connectivity index (χ4v) is 5.39. The predicted octanol–water partition coefficient (Wildman–Crippen LogP) is 6.26. The summed E-state index contributed by atoms with van der Waals surface area (Å²) in [5.41, 5.74) is 7.92. The summed E-state index contributed by atoms with van der Waals surface area (Å²) in [5, 5.41) is 11.3. The lowest BCUT2D eigenvalue weighted by Crippen LogP contribution is -2.19. The number of methoxy groups -OCH3 is 1. The van der Waals surface area contributed by atoms with Crippen LogP contribution in [0.1, 0.15) is 53.0 Å². The summed E-state index contributed by atoms with van der Waals surface area (Å²) in [5.74, 6) is 0.972. The third-order valence-electron chi connectivity index (χ3n) is 6.97. The van der Waals surface area contributed by atoms with E-state index in [4.69, 9.17) is 14.8 Å². The predicted molar refractivity (Wildman–Crippen MR) is 153 cm³/mol. The van der Waals surface area contributed by atoms with Gasteiger partial charge in [0.2, 0.25) is 5.95 Å². The fraction of sp³-hybridized carbons (Fsp3) is 0.310. The van der Waals surface area contributed by atoms with Crippen LogP contribution in [0.15, 0.2) is 47.1 Å². The minimum atomic E-state index is -0.146. The number of nitrogens with zero attached hydrogens (tertiary/aromatic N) is 4. The lowest BCUT2D eigenvalue weighted by molar-refractivity contribution is 0.101. The Morgan fingerprint density at radius 1 is 1.11 bits per heavy atom. The van der Waals surface area contributed by atoms with E-state index in [-0.39, 0.29) is 5.91 Å². The number of carbonyl (C=O) groups excluding carboxylic acids is 1. The van der Waals surface area contributed by atoms with Gasteiger partial charge in [-0.15, -0.1) is 0 Å². The van der Waals surface area contributed by atoms with Gasteiger partial charge in [-0.05, 0) is 67.0 Å². The summed E-state index contributed by atoms with van der Waals surface area (Å²) in [7, 11) is 3.45. The number of carbonyl (C=O) groups is 1. The Balaban J connectivity index is 1.52. The van der Waals surface area contributed by atoms with Gasteiger partial charge in [0.25, 0.3) is 5.91 Å². The molecule has 8 nitrogen and oxygen atoms in total. The van der Waals surface area contributed by atoms with E-state index in [1.807, 2.05) is 31.4 Å². The molecule has 0 unspecified atom stereocenters. The molecule has 0 spiro atoms. The Morgan fingerprint density at radius 2 is 1.87 bits per heavy atom. The van der Waals surface area contributed by atoms with E-state index in [2.05, 4.69) is 63.6 Å². The molecular formula is C29H31BrN6O2. The highest BCUT2D eigenvalue weighted by atomic mass is 79.9. The normalized spacial score (nSPS) is 12.3. The Bertz CT molecular complexity index is 1490. The van der Waals surface area contributed by atoms with Crippen LogP contribution in [0.5, 0.6) is 5.75 Å². The summed E-state index contributed by atoms with van der Waals surface area (Å²) >= 11 is 3.47. The van der Waals surface area contributed by atoms with Gasteiger partial charge in [0, 0.05) is 29.0 Å². The van der Waals surface area contributed by atoms with Crippen molar-refractivity contribution in [1.29, 1.82) is 0 Å². The Morgan fingerprint density at radius 3 is 2.58 bits per heavy atom. The topological polar surface area (TPSA) is 94.0 Å². The molecule has 0 radical (unpaired) electrons. The molecule has 38 heavy (non-hydrogen) atoms. The van der Waals surface area contributed by atoms with Crippen LogP contribution in [0.4, 0.5) is 17.3 Å². The van der Waals surface area contributed by atoms with Gasteiger partial charge < -0.3 is 15.4 Å². The zero-order valence-corrected chi connectivity index (χ0v) is 23.6. The first-order valence-electron chi connectivity index (χ1n) is 12.9. The summed E-state index contributed by atoms with van der Waals surface area (Å²) in [6.45, 7) is 4.21. The van der Waals surface area contributed by atoms with Gasteiger partial charge in [0.1, 0.15) is 17.1 Å². The van der Waals surface area contributed by atoms with Crippen molar-refractivity contribution in [2.24, 2.45) is 7.05 Å². The fourth-order valence-electron chi connectivity index (χ4n) is 5.05. The van der Waals surface area contributed by atoms with Crippen molar-refractivity contribution >= 4 is 39.2 Å². The van der Waals surface area contributed by atoms with Crippen molar-refractivity contribution in [3.63, 3.8) is 0 Å². The van der Waals surface area contributed by atoms with E-state index in [9.17, 15) is 4.79 Å². The number of hydrogen-bond acceptors (Lipinski definition) is 6. The first-order valence-corrected chi connectivity index (χ1v) is 13.7. The average Bonchev–Trinajstić information content (AvgIpc) is 3.15. The van der Waals surface area contributed by atoms with Crippen molar-refractivity contribution < 1.29 is 9.53 Å². The number of amides is 1. The van der Waals surface area contributed by atoms with Crippen LogP contribution in [0.25, 0.3) is 11.4 Å². The number of rotatable bonds is 7. The number of benzene rings is 2. The van der Waals surface area contributed by atoms with E-state index in [1.165, 1.54) is 0 Å². The van der Waals surface area contributed by atoms with E-state index in [1.54, 1.807) is 11.8 Å². The van der Waals surface area contributed by atoms with Crippen molar-refractivity contribution in [2.45, 2.75) is 46.0 Å². The first kappa shape index (κ1) is 25.9. The molecule has 5 rings (SSSR count). The number of nitrogens with one attached hydrogen (secondary N) is 2. The number of ether oxygens (including phenoxy) is 1. The van der Waals surface area contributed by atoms with E-state index in [0.717, 1.165) is 81.6 Å². The molecule has 0 saturated heterocycles. The van der Waals surface area contributed by atoms with E-state index in [0.29, 0.717) is 17.4 Å².